The molecular formula is C17H19NO2. The number of para-hydroxylation sites is 1. The molecule has 1 N–H and O–H groups in total. The van der Waals surface area contributed by atoms with Gasteiger partial charge in [0.2, 0.25) is 0 Å². The van der Waals surface area contributed by atoms with Crippen LogP contribution in [-0.4, -0.2) is 18.4 Å². The van der Waals surface area contributed by atoms with Gasteiger partial charge >= 0.3 is 0 Å². The largest absolute Gasteiger partial charge is 0.457 e. The molecule has 0 spiro atoms. The van der Waals surface area contributed by atoms with Crippen molar-refractivity contribution in [1.29, 1.82) is 0 Å². The summed E-state index contributed by atoms with van der Waals surface area (Å²) in [4.78, 5) is 12.3. The van der Waals surface area contributed by atoms with Crippen LogP contribution in [0.1, 0.15) is 24.2 Å². The van der Waals surface area contributed by atoms with E-state index in [-0.39, 0.29) is 5.78 Å². The Hall–Kier alpha value is -2.13. The van der Waals surface area contributed by atoms with Gasteiger partial charge in [-0.2, -0.15) is 0 Å². The van der Waals surface area contributed by atoms with Crippen LogP contribution in [0.15, 0.2) is 54.6 Å². The van der Waals surface area contributed by atoms with Gasteiger partial charge < -0.3 is 10.1 Å². The summed E-state index contributed by atoms with van der Waals surface area (Å²) in [6.45, 7) is 3.73. The summed E-state index contributed by atoms with van der Waals surface area (Å²) in [7, 11) is 1.78. The molecule has 3 heteroatoms. The Labute approximate surface area is 119 Å². The summed E-state index contributed by atoms with van der Waals surface area (Å²) in [5, 5.41) is 3.01. The van der Waals surface area contributed by atoms with Gasteiger partial charge in [0.15, 0.2) is 5.78 Å². The summed E-state index contributed by atoms with van der Waals surface area (Å²) in [5.74, 6) is 1.56. The molecular weight excluding hydrogens is 250 g/mol. The second-order valence-corrected chi connectivity index (χ2v) is 5.14. The van der Waals surface area contributed by atoms with Crippen molar-refractivity contribution in [2.75, 3.05) is 7.05 Å². The van der Waals surface area contributed by atoms with Gasteiger partial charge in [0, 0.05) is 5.56 Å². The molecule has 2 aromatic rings. The molecule has 0 atom stereocenters. The van der Waals surface area contributed by atoms with Gasteiger partial charge in [0.1, 0.15) is 11.5 Å². The van der Waals surface area contributed by atoms with Gasteiger partial charge in [-0.1, -0.05) is 18.2 Å². The number of likely N-dealkylation sites (N-methyl/N-ethyl adjacent to an activating group) is 1. The predicted octanol–water partition coefficient (Wildman–Crippen LogP) is 3.66. The van der Waals surface area contributed by atoms with Crippen LogP contribution in [-0.2, 0) is 0 Å². The molecule has 20 heavy (non-hydrogen) atoms. The first-order valence-electron chi connectivity index (χ1n) is 6.59. The van der Waals surface area contributed by atoms with Crippen LogP contribution in [0, 0.1) is 0 Å². The molecule has 0 bridgehead atoms. The maximum absolute atomic E-state index is 12.3. The number of benzene rings is 2. The van der Waals surface area contributed by atoms with Crippen molar-refractivity contribution in [3.63, 3.8) is 0 Å². The van der Waals surface area contributed by atoms with E-state index in [1.165, 1.54) is 0 Å². The number of hydrogen-bond donors (Lipinski definition) is 1. The Morgan fingerprint density at radius 3 is 2.05 bits per heavy atom. The first-order chi connectivity index (χ1) is 9.53. The Kier molecular flexibility index (Phi) is 4.20. The second kappa shape index (κ2) is 5.88. The van der Waals surface area contributed by atoms with Crippen LogP contribution in [0.4, 0.5) is 0 Å². The third-order valence-corrected chi connectivity index (χ3v) is 3.29. The lowest BCUT2D eigenvalue weighted by Crippen LogP contribution is -2.44. The molecule has 0 aliphatic carbocycles. The van der Waals surface area contributed by atoms with E-state index in [1.54, 1.807) is 19.2 Å². The maximum atomic E-state index is 12.3. The maximum Gasteiger partial charge on any atom is 0.182 e. The van der Waals surface area contributed by atoms with E-state index in [0.29, 0.717) is 5.56 Å². The molecule has 0 aliphatic rings. The average molecular weight is 269 g/mol. The molecule has 2 aromatic carbocycles. The Bertz CT molecular complexity index is 574. The van der Waals surface area contributed by atoms with E-state index in [2.05, 4.69) is 5.32 Å². The number of ether oxygens (including phenoxy) is 1. The van der Waals surface area contributed by atoms with Gasteiger partial charge in [-0.05, 0) is 57.3 Å². The number of hydrogen-bond acceptors (Lipinski definition) is 3. The molecule has 2 rings (SSSR count). The number of carbonyl (C=O) groups excluding carboxylic acids is 1. The number of carbonyl (C=O) groups is 1. The molecule has 0 unspecified atom stereocenters. The summed E-state index contributed by atoms with van der Waals surface area (Å²) in [6, 6.07) is 16.8. The highest BCUT2D eigenvalue weighted by molar-refractivity contribution is 6.02. The summed E-state index contributed by atoms with van der Waals surface area (Å²) in [5.41, 5.74) is 0.103. The van der Waals surface area contributed by atoms with Gasteiger partial charge in [0.05, 0.1) is 5.54 Å². The van der Waals surface area contributed by atoms with E-state index in [9.17, 15) is 4.79 Å². The highest BCUT2D eigenvalue weighted by Crippen LogP contribution is 2.22. The van der Waals surface area contributed by atoms with Crippen molar-refractivity contribution in [3.8, 4) is 11.5 Å². The van der Waals surface area contributed by atoms with E-state index in [0.717, 1.165) is 11.5 Å². The minimum atomic E-state index is -0.568. The van der Waals surface area contributed by atoms with Crippen molar-refractivity contribution in [2.24, 2.45) is 0 Å². The number of Topliss-reactive ketones (excluding diaryl/α,β-unsaturated/α-hetero) is 1. The van der Waals surface area contributed by atoms with Gasteiger partial charge in [-0.25, -0.2) is 0 Å². The minimum absolute atomic E-state index is 0.0614. The van der Waals surface area contributed by atoms with Crippen molar-refractivity contribution >= 4 is 5.78 Å². The van der Waals surface area contributed by atoms with Crippen LogP contribution in [0.2, 0.25) is 0 Å². The van der Waals surface area contributed by atoms with Crippen LogP contribution in [0.5, 0.6) is 11.5 Å². The molecule has 0 fully saturated rings. The smallest absolute Gasteiger partial charge is 0.182 e. The van der Waals surface area contributed by atoms with Gasteiger partial charge in [-0.15, -0.1) is 0 Å². The molecule has 0 aliphatic heterocycles. The molecule has 0 radical (unpaired) electrons. The van der Waals surface area contributed by atoms with Crippen LogP contribution in [0.25, 0.3) is 0 Å². The zero-order valence-corrected chi connectivity index (χ0v) is 12.0. The molecule has 0 heterocycles. The molecule has 0 saturated heterocycles. The Morgan fingerprint density at radius 2 is 1.50 bits per heavy atom. The highest BCUT2D eigenvalue weighted by atomic mass is 16.5. The number of ketones is 1. The molecule has 0 amide bonds. The topological polar surface area (TPSA) is 38.3 Å². The summed E-state index contributed by atoms with van der Waals surface area (Å²) in [6.07, 6.45) is 0. The monoisotopic (exact) mass is 269 g/mol. The third-order valence-electron chi connectivity index (χ3n) is 3.29. The number of nitrogens with one attached hydrogen (secondary N) is 1. The van der Waals surface area contributed by atoms with Crippen molar-refractivity contribution < 1.29 is 9.53 Å². The lowest BCUT2D eigenvalue weighted by atomic mass is 9.93. The van der Waals surface area contributed by atoms with Gasteiger partial charge in [-0.3, -0.25) is 4.79 Å². The van der Waals surface area contributed by atoms with E-state index in [1.807, 2.05) is 56.3 Å². The van der Waals surface area contributed by atoms with Crippen molar-refractivity contribution in [3.05, 3.63) is 60.2 Å². The SMILES string of the molecule is CNC(C)(C)C(=O)c1ccc(Oc2ccccc2)cc1. The summed E-state index contributed by atoms with van der Waals surface area (Å²) < 4.78 is 5.70. The lowest BCUT2D eigenvalue weighted by molar-refractivity contribution is 0.0889. The average Bonchev–Trinajstić information content (AvgIpc) is 2.48. The van der Waals surface area contributed by atoms with Crippen LogP contribution >= 0.6 is 0 Å². The van der Waals surface area contributed by atoms with E-state index >= 15 is 0 Å². The van der Waals surface area contributed by atoms with E-state index < -0.39 is 5.54 Å². The third kappa shape index (κ3) is 3.25. The van der Waals surface area contributed by atoms with Crippen LogP contribution < -0.4 is 10.1 Å². The fourth-order valence-corrected chi connectivity index (χ4v) is 1.77. The fraction of sp³-hybridized carbons (Fsp3) is 0.235. The molecule has 0 aromatic heterocycles. The summed E-state index contributed by atoms with van der Waals surface area (Å²) >= 11 is 0. The minimum Gasteiger partial charge on any atom is -0.457 e. The highest BCUT2D eigenvalue weighted by Gasteiger charge is 2.26. The first-order valence-corrected chi connectivity index (χ1v) is 6.59. The zero-order valence-electron chi connectivity index (χ0n) is 12.0. The van der Waals surface area contributed by atoms with Gasteiger partial charge in [0.25, 0.3) is 0 Å². The Morgan fingerprint density at radius 1 is 0.950 bits per heavy atom. The van der Waals surface area contributed by atoms with E-state index in [4.69, 9.17) is 4.74 Å². The molecule has 0 saturated carbocycles. The Balaban J connectivity index is 2.13. The quantitative estimate of drug-likeness (QED) is 0.842. The second-order valence-electron chi connectivity index (χ2n) is 5.14. The zero-order chi connectivity index (χ0) is 14.6. The van der Waals surface area contributed by atoms with Crippen LogP contribution in [0.3, 0.4) is 0 Å². The predicted molar refractivity (Wildman–Crippen MR) is 80.4 cm³/mol. The molecule has 104 valence electrons. The van der Waals surface area contributed by atoms with Crippen molar-refractivity contribution in [2.45, 2.75) is 19.4 Å². The fourth-order valence-electron chi connectivity index (χ4n) is 1.77. The first kappa shape index (κ1) is 14.3. The molecule has 3 nitrogen and oxygen atoms in total. The normalized spacial score (nSPS) is 11.2. The standard InChI is InChI=1S/C17H19NO2/c1-17(2,18-3)16(19)13-9-11-15(12-10-13)20-14-7-5-4-6-8-14/h4-12,18H,1-3H3. The number of rotatable bonds is 5. The van der Waals surface area contributed by atoms with Crippen molar-refractivity contribution in [1.82, 2.24) is 5.32 Å². The lowest BCUT2D eigenvalue weighted by Gasteiger charge is -2.22.